The predicted octanol–water partition coefficient (Wildman–Crippen LogP) is 2.17. The Kier molecular flexibility index (Phi) is 3.12. The molecular weight excluding hydrogens is 134 g/mol. The highest BCUT2D eigenvalue weighted by atomic mass is 14.5. The van der Waals surface area contributed by atoms with Gasteiger partial charge in [-0.25, -0.2) is 0 Å². The van der Waals surface area contributed by atoms with Crippen molar-refractivity contribution in [1.82, 2.24) is 0 Å². The van der Waals surface area contributed by atoms with Gasteiger partial charge in [0.25, 0.3) is 0 Å². The first-order valence-electron chi connectivity index (χ1n) is 4.09. The van der Waals surface area contributed by atoms with Crippen molar-refractivity contribution in [2.24, 2.45) is 5.73 Å². The minimum atomic E-state index is 0.743. The first-order chi connectivity index (χ1) is 5.36. The van der Waals surface area contributed by atoms with Crippen molar-refractivity contribution in [3.8, 4) is 0 Å². The Morgan fingerprint density at radius 2 is 2.45 bits per heavy atom. The van der Waals surface area contributed by atoms with Gasteiger partial charge in [-0.1, -0.05) is 30.4 Å². The van der Waals surface area contributed by atoms with Gasteiger partial charge < -0.3 is 5.73 Å². The van der Waals surface area contributed by atoms with Crippen molar-refractivity contribution in [2.45, 2.75) is 19.3 Å². The van der Waals surface area contributed by atoms with Gasteiger partial charge in [-0.15, -0.1) is 0 Å². The highest BCUT2D eigenvalue weighted by Gasteiger charge is 2.00. The summed E-state index contributed by atoms with van der Waals surface area (Å²) in [5.41, 5.74) is 8.16. The van der Waals surface area contributed by atoms with Crippen LogP contribution in [0.5, 0.6) is 0 Å². The van der Waals surface area contributed by atoms with Crippen molar-refractivity contribution >= 4 is 0 Å². The van der Waals surface area contributed by atoms with Crippen LogP contribution in [0.4, 0.5) is 0 Å². The zero-order chi connectivity index (χ0) is 8.10. The highest BCUT2D eigenvalue weighted by molar-refractivity contribution is 5.32. The maximum atomic E-state index is 5.45. The smallest absolute Gasteiger partial charge is 0.00368 e. The number of rotatable bonds is 3. The summed E-state index contributed by atoms with van der Waals surface area (Å²) in [7, 11) is 0. The fourth-order valence-electron chi connectivity index (χ4n) is 1.30. The van der Waals surface area contributed by atoms with Crippen LogP contribution in [0.1, 0.15) is 19.3 Å². The van der Waals surface area contributed by atoms with Crippen LogP contribution in [0, 0.1) is 0 Å². The number of hydrogen-bond acceptors (Lipinski definition) is 1. The summed E-state index contributed by atoms with van der Waals surface area (Å²) in [5, 5.41) is 0. The summed E-state index contributed by atoms with van der Waals surface area (Å²) in [6.07, 6.45) is 9.68. The number of allylic oxidation sites excluding steroid dienone is 4. The third kappa shape index (κ3) is 2.35. The van der Waals surface area contributed by atoms with E-state index in [1.54, 1.807) is 0 Å². The van der Waals surface area contributed by atoms with E-state index in [1.165, 1.54) is 11.1 Å². The van der Waals surface area contributed by atoms with Crippen LogP contribution < -0.4 is 5.73 Å². The average molecular weight is 149 g/mol. The first-order valence-corrected chi connectivity index (χ1v) is 4.09. The lowest BCUT2D eigenvalue weighted by atomic mass is 9.98. The Labute approximate surface area is 68.3 Å². The summed E-state index contributed by atoms with van der Waals surface area (Å²) in [4.78, 5) is 0. The Balaban J connectivity index is 2.60. The fourth-order valence-corrected chi connectivity index (χ4v) is 1.30. The summed E-state index contributed by atoms with van der Waals surface area (Å²) < 4.78 is 0. The van der Waals surface area contributed by atoms with E-state index in [4.69, 9.17) is 5.73 Å². The van der Waals surface area contributed by atoms with Crippen LogP contribution >= 0.6 is 0 Å². The molecule has 0 fully saturated rings. The van der Waals surface area contributed by atoms with Gasteiger partial charge in [0, 0.05) is 0 Å². The molecule has 0 aromatic heterocycles. The molecule has 0 radical (unpaired) electrons. The topological polar surface area (TPSA) is 26.0 Å². The van der Waals surface area contributed by atoms with E-state index in [9.17, 15) is 0 Å². The fraction of sp³-hybridized carbons (Fsp3) is 0.400. The van der Waals surface area contributed by atoms with Crippen LogP contribution in [-0.2, 0) is 0 Å². The summed E-state index contributed by atoms with van der Waals surface area (Å²) in [6.45, 7) is 4.49. The number of hydrogen-bond donors (Lipinski definition) is 1. The highest BCUT2D eigenvalue weighted by Crippen LogP contribution is 2.19. The molecule has 0 saturated heterocycles. The molecule has 11 heavy (non-hydrogen) atoms. The molecule has 0 saturated carbocycles. The van der Waals surface area contributed by atoms with Gasteiger partial charge in [-0.3, -0.25) is 0 Å². The monoisotopic (exact) mass is 149 g/mol. The molecule has 1 nitrogen and oxygen atoms in total. The van der Waals surface area contributed by atoms with Gasteiger partial charge in [0.05, 0.1) is 0 Å². The van der Waals surface area contributed by atoms with E-state index in [-0.39, 0.29) is 0 Å². The van der Waals surface area contributed by atoms with Gasteiger partial charge in [0.2, 0.25) is 0 Å². The van der Waals surface area contributed by atoms with Gasteiger partial charge >= 0.3 is 0 Å². The van der Waals surface area contributed by atoms with E-state index in [0.29, 0.717) is 0 Å². The lowest BCUT2D eigenvalue weighted by Gasteiger charge is -2.09. The molecule has 0 heterocycles. The molecule has 2 N–H and O–H groups in total. The largest absolute Gasteiger partial charge is 0.330 e. The van der Waals surface area contributed by atoms with Crippen LogP contribution in [0.15, 0.2) is 36.0 Å². The van der Waals surface area contributed by atoms with Crippen LogP contribution in [0.3, 0.4) is 0 Å². The van der Waals surface area contributed by atoms with Gasteiger partial charge in [0.15, 0.2) is 0 Å². The Morgan fingerprint density at radius 1 is 1.64 bits per heavy atom. The van der Waals surface area contributed by atoms with E-state index in [1.807, 2.05) is 6.08 Å². The molecule has 0 spiro atoms. The molecule has 0 aliphatic heterocycles. The molecule has 0 aromatic carbocycles. The second kappa shape index (κ2) is 4.14. The molecule has 60 valence electrons. The molecule has 0 bridgehead atoms. The minimum absolute atomic E-state index is 0.743. The quantitative estimate of drug-likeness (QED) is 0.654. The zero-order valence-corrected chi connectivity index (χ0v) is 6.84. The predicted molar refractivity (Wildman–Crippen MR) is 49.3 cm³/mol. The molecule has 0 amide bonds. The maximum absolute atomic E-state index is 5.45. The summed E-state index contributed by atoms with van der Waals surface area (Å²) >= 11 is 0. The van der Waals surface area contributed by atoms with E-state index in [0.717, 1.165) is 25.8 Å². The standard InChI is InChI=1S/C10H15N/c1-2-9-4-3-5-10(8-9)6-7-11/h2,5,8H,1,3-4,6-7,11H2. The third-order valence-electron chi connectivity index (χ3n) is 1.91. The van der Waals surface area contributed by atoms with E-state index >= 15 is 0 Å². The van der Waals surface area contributed by atoms with Gasteiger partial charge in [-0.2, -0.15) is 0 Å². The lowest BCUT2D eigenvalue weighted by Crippen LogP contribution is -2.01. The molecule has 1 heteroatoms. The summed E-state index contributed by atoms with van der Waals surface area (Å²) in [5.74, 6) is 0. The van der Waals surface area contributed by atoms with Crippen molar-refractivity contribution in [1.29, 1.82) is 0 Å². The molecule has 1 aliphatic carbocycles. The Bertz CT molecular complexity index is 199. The minimum Gasteiger partial charge on any atom is -0.330 e. The second-order valence-electron chi connectivity index (χ2n) is 2.78. The molecule has 0 unspecified atom stereocenters. The van der Waals surface area contributed by atoms with Crippen LogP contribution in [0.2, 0.25) is 0 Å². The third-order valence-corrected chi connectivity index (χ3v) is 1.91. The maximum Gasteiger partial charge on any atom is -0.00368 e. The molecular formula is C10H15N. The summed E-state index contributed by atoms with van der Waals surface area (Å²) in [6, 6.07) is 0. The van der Waals surface area contributed by atoms with Gasteiger partial charge in [0.1, 0.15) is 0 Å². The van der Waals surface area contributed by atoms with E-state index in [2.05, 4.69) is 18.7 Å². The molecule has 1 rings (SSSR count). The van der Waals surface area contributed by atoms with Crippen molar-refractivity contribution in [3.63, 3.8) is 0 Å². The Morgan fingerprint density at radius 3 is 3.09 bits per heavy atom. The normalized spacial score (nSPS) is 17.2. The van der Waals surface area contributed by atoms with Crippen LogP contribution in [0.25, 0.3) is 0 Å². The second-order valence-corrected chi connectivity index (χ2v) is 2.78. The zero-order valence-electron chi connectivity index (χ0n) is 6.84. The van der Waals surface area contributed by atoms with Crippen molar-refractivity contribution in [3.05, 3.63) is 36.0 Å². The first kappa shape index (κ1) is 8.28. The lowest BCUT2D eigenvalue weighted by molar-refractivity contribution is 0.909. The SMILES string of the molecule is C=CC1=CC(CCN)=CCC1. The molecule has 1 aliphatic rings. The van der Waals surface area contributed by atoms with Crippen LogP contribution in [-0.4, -0.2) is 6.54 Å². The molecule has 0 aromatic rings. The average Bonchev–Trinajstić information content (AvgIpc) is 2.06. The van der Waals surface area contributed by atoms with Crippen molar-refractivity contribution < 1.29 is 0 Å². The van der Waals surface area contributed by atoms with Gasteiger partial charge in [-0.05, 0) is 31.4 Å². The van der Waals surface area contributed by atoms with Crippen molar-refractivity contribution in [2.75, 3.05) is 6.54 Å². The van der Waals surface area contributed by atoms with E-state index < -0.39 is 0 Å². The Hall–Kier alpha value is -0.820. The number of nitrogens with two attached hydrogens (primary N) is 1. The molecule has 0 atom stereocenters.